The van der Waals surface area contributed by atoms with Gasteiger partial charge in [0, 0.05) is 6.07 Å². The average molecular weight is 408 g/mol. The van der Waals surface area contributed by atoms with Gasteiger partial charge in [-0.25, -0.2) is 4.68 Å². The second kappa shape index (κ2) is 6.96. The number of nitriles is 1. The summed E-state index contributed by atoms with van der Waals surface area (Å²) in [5, 5.41) is 25.6. The lowest BCUT2D eigenvalue weighted by atomic mass is 9.84. The van der Waals surface area contributed by atoms with Crippen LogP contribution in [-0.4, -0.2) is 14.7 Å². The smallest absolute Gasteiger partial charge is 0.288 e. The van der Waals surface area contributed by atoms with Crippen LogP contribution < -0.4 is 10.5 Å². The zero-order chi connectivity index (χ0) is 20.7. The molecule has 2 N–H and O–H groups in total. The molecule has 2 aromatic carbocycles. The molecule has 3 aromatic rings. The van der Waals surface area contributed by atoms with Gasteiger partial charge >= 0.3 is 0 Å². The van der Waals surface area contributed by atoms with Crippen LogP contribution in [-0.2, 0) is 0 Å². The Morgan fingerprint density at radius 2 is 2.03 bits per heavy atom. The van der Waals surface area contributed by atoms with Crippen molar-refractivity contribution in [2.24, 2.45) is 5.73 Å². The highest BCUT2D eigenvalue weighted by atomic mass is 35.5. The minimum atomic E-state index is -0.669. The van der Waals surface area contributed by atoms with Crippen LogP contribution in [0.5, 0.6) is 5.88 Å². The van der Waals surface area contributed by atoms with E-state index < -0.39 is 10.8 Å². The van der Waals surface area contributed by atoms with Crippen LogP contribution in [0.2, 0.25) is 5.02 Å². The molecule has 1 atom stereocenters. The summed E-state index contributed by atoms with van der Waals surface area (Å²) in [5.74, 6) is -0.371. The maximum Gasteiger partial charge on any atom is 0.288 e. The predicted octanol–water partition coefficient (Wildman–Crippen LogP) is 3.96. The van der Waals surface area contributed by atoms with Gasteiger partial charge in [0.2, 0.25) is 11.8 Å². The van der Waals surface area contributed by atoms with Gasteiger partial charge < -0.3 is 10.5 Å². The number of nitro benzene ring substituents is 1. The van der Waals surface area contributed by atoms with Crippen molar-refractivity contribution >= 4 is 17.3 Å². The number of ether oxygens (including phenoxy) is 1. The highest BCUT2D eigenvalue weighted by molar-refractivity contribution is 6.32. The minimum absolute atomic E-state index is 0.0122. The normalized spacial score (nSPS) is 15.4. The van der Waals surface area contributed by atoms with E-state index in [0.717, 1.165) is 5.69 Å². The number of nitrogens with two attached hydrogens (primary N) is 1. The number of nitro groups is 1. The summed E-state index contributed by atoms with van der Waals surface area (Å²) in [6, 6.07) is 15.8. The van der Waals surface area contributed by atoms with Gasteiger partial charge in [-0.15, -0.1) is 0 Å². The molecule has 29 heavy (non-hydrogen) atoms. The van der Waals surface area contributed by atoms with Crippen molar-refractivity contribution < 1.29 is 9.66 Å². The zero-order valence-electron chi connectivity index (χ0n) is 15.2. The first-order valence-corrected chi connectivity index (χ1v) is 8.96. The molecule has 0 saturated heterocycles. The summed E-state index contributed by atoms with van der Waals surface area (Å²) < 4.78 is 7.37. The van der Waals surface area contributed by atoms with Gasteiger partial charge in [-0.05, 0) is 30.7 Å². The van der Waals surface area contributed by atoms with Crippen LogP contribution >= 0.6 is 11.6 Å². The summed E-state index contributed by atoms with van der Waals surface area (Å²) in [5.41, 5.74) is 8.45. The van der Waals surface area contributed by atoms with Gasteiger partial charge in [-0.2, -0.15) is 10.4 Å². The Bertz CT molecular complexity index is 1210. The molecule has 1 aromatic heterocycles. The number of para-hydroxylation sites is 1. The molecule has 9 heteroatoms. The van der Waals surface area contributed by atoms with E-state index in [1.54, 1.807) is 17.7 Å². The highest BCUT2D eigenvalue weighted by Gasteiger charge is 2.37. The van der Waals surface area contributed by atoms with E-state index in [1.807, 2.05) is 30.3 Å². The zero-order valence-corrected chi connectivity index (χ0v) is 15.9. The van der Waals surface area contributed by atoms with E-state index in [2.05, 4.69) is 11.2 Å². The maximum absolute atomic E-state index is 11.4. The Hall–Kier alpha value is -3.83. The SMILES string of the molecule is Cc1nn(-c2ccccc2)c2c1[C@@H](c1ccc(Cl)c([N+](=O)[O-])c1)C(C#N)=C(N)O2. The third-order valence-electron chi connectivity index (χ3n) is 4.73. The summed E-state index contributed by atoms with van der Waals surface area (Å²) in [6.07, 6.45) is 0. The van der Waals surface area contributed by atoms with Gasteiger partial charge in [0.15, 0.2) is 0 Å². The lowest BCUT2D eigenvalue weighted by Crippen LogP contribution is -2.22. The van der Waals surface area contributed by atoms with Crippen molar-refractivity contribution in [3.05, 3.63) is 91.9 Å². The topological polar surface area (TPSA) is 120 Å². The lowest BCUT2D eigenvalue weighted by molar-refractivity contribution is -0.384. The number of hydrogen-bond acceptors (Lipinski definition) is 6. The Balaban J connectivity index is 1.97. The van der Waals surface area contributed by atoms with E-state index in [-0.39, 0.29) is 22.2 Å². The number of benzene rings is 2. The molecule has 8 nitrogen and oxygen atoms in total. The molecule has 0 amide bonds. The van der Waals surface area contributed by atoms with E-state index in [4.69, 9.17) is 22.1 Å². The summed E-state index contributed by atoms with van der Waals surface area (Å²) in [4.78, 5) is 10.8. The third-order valence-corrected chi connectivity index (χ3v) is 5.05. The third kappa shape index (κ3) is 2.98. The number of allylic oxidation sites excluding steroid dienone is 1. The van der Waals surface area contributed by atoms with Crippen molar-refractivity contribution in [1.82, 2.24) is 9.78 Å². The van der Waals surface area contributed by atoms with Gasteiger partial charge in [0.05, 0.1) is 27.8 Å². The second-order valence-corrected chi connectivity index (χ2v) is 6.85. The molecule has 0 bridgehead atoms. The predicted molar refractivity (Wildman–Crippen MR) is 106 cm³/mol. The molecule has 0 fully saturated rings. The van der Waals surface area contributed by atoms with Crippen LogP contribution in [0.15, 0.2) is 60.0 Å². The molecule has 1 aliphatic heterocycles. The van der Waals surface area contributed by atoms with Crippen LogP contribution in [0.25, 0.3) is 5.69 Å². The summed E-state index contributed by atoms with van der Waals surface area (Å²) >= 11 is 5.96. The summed E-state index contributed by atoms with van der Waals surface area (Å²) in [6.45, 7) is 1.79. The number of aromatic nitrogens is 2. The lowest BCUT2D eigenvalue weighted by Gasteiger charge is -2.24. The van der Waals surface area contributed by atoms with Crippen molar-refractivity contribution in [2.45, 2.75) is 12.8 Å². The molecule has 0 spiro atoms. The van der Waals surface area contributed by atoms with Crippen molar-refractivity contribution in [1.29, 1.82) is 5.26 Å². The van der Waals surface area contributed by atoms with Gasteiger partial charge in [-0.3, -0.25) is 10.1 Å². The molecular weight excluding hydrogens is 394 g/mol. The van der Waals surface area contributed by atoms with Gasteiger partial charge in [0.25, 0.3) is 5.69 Å². The Kier molecular flexibility index (Phi) is 4.45. The number of nitrogens with zero attached hydrogens (tertiary/aromatic N) is 4. The molecular formula is C20H14ClN5O3. The quantitative estimate of drug-likeness (QED) is 0.518. The first-order chi connectivity index (χ1) is 13.9. The molecule has 144 valence electrons. The molecule has 0 saturated carbocycles. The van der Waals surface area contributed by atoms with Crippen molar-refractivity contribution in [3.63, 3.8) is 0 Å². The largest absolute Gasteiger partial charge is 0.422 e. The van der Waals surface area contributed by atoms with Gasteiger partial charge in [0.1, 0.15) is 16.7 Å². The standard InChI is InChI=1S/C20H14ClN5O3/c1-11-17-18(12-7-8-15(21)16(9-12)26(27)28)14(10-22)19(23)29-20(17)25(24-11)13-5-3-2-4-6-13/h2-9,18H,23H2,1H3/t18-/m0/s1. The van der Waals surface area contributed by atoms with Crippen molar-refractivity contribution in [2.75, 3.05) is 0 Å². The van der Waals surface area contributed by atoms with E-state index >= 15 is 0 Å². The number of hydrogen-bond donors (Lipinski definition) is 1. The average Bonchev–Trinajstić information content (AvgIpc) is 3.04. The molecule has 1 aliphatic rings. The highest BCUT2D eigenvalue weighted by Crippen LogP contribution is 2.45. The molecule has 0 aliphatic carbocycles. The molecule has 4 rings (SSSR count). The Morgan fingerprint density at radius 3 is 2.69 bits per heavy atom. The fraction of sp³-hybridized carbons (Fsp3) is 0.100. The Labute approximate surface area is 170 Å². The van der Waals surface area contributed by atoms with E-state index in [0.29, 0.717) is 22.7 Å². The number of rotatable bonds is 3. The monoisotopic (exact) mass is 407 g/mol. The number of halogens is 1. The van der Waals surface area contributed by atoms with Gasteiger partial charge in [-0.1, -0.05) is 35.9 Å². The van der Waals surface area contributed by atoms with Crippen LogP contribution in [0.4, 0.5) is 5.69 Å². The number of fused-ring (bicyclic) bond motifs is 1. The summed E-state index contributed by atoms with van der Waals surface area (Å²) in [7, 11) is 0. The first kappa shape index (κ1) is 18.5. The molecule has 2 heterocycles. The van der Waals surface area contributed by atoms with E-state index in [1.165, 1.54) is 12.1 Å². The second-order valence-electron chi connectivity index (χ2n) is 6.44. The fourth-order valence-corrected chi connectivity index (χ4v) is 3.63. The Morgan fingerprint density at radius 1 is 1.31 bits per heavy atom. The molecule has 0 unspecified atom stereocenters. The molecule has 0 radical (unpaired) electrons. The first-order valence-electron chi connectivity index (χ1n) is 8.58. The number of aryl methyl sites for hydroxylation is 1. The van der Waals surface area contributed by atoms with Crippen LogP contribution in [0, 0.1) is 28.4 Å². The fourth-order valence-electron chi connectivity index (χ4n) is 3.44. The van der Waals surface area contributed by atoms with Crippen LogP contribution in [0.3, 0.4) is 0 Å². The van der Waals surface area contributed by atoms with E-state index in [9.17, 15) is 15.4 Å². The maximum atomic E-state index is 11.4. The van der Waals surface area contributed by atoms with Crippen LogP contribution in [0.1, 0.15) is 22.7 Å². The minimum Gasteiger partial charge on any atom is -0.422 e. The van der Waals surface area contributed by atoms with Crippen molar-refractivity contribution in [3.8, 4) is 17.6 Å².